The zero-order chi connectivity index (χ0) is 25.2. The molecule has 1 aliphatic rings. The van der Waals surface area contributed by atoms with Gasteiger partial charge in [0, 0.05) is 17.9 Å². The Morgan fingerprint density at radius 3 is 2.20 bits per heavy atom. The van der Waals surface area contributed by atoms with Crippen LogP contribution in [0.5, 0.6) is 5.75 Å². The molecule has 0 aromatic heterocycles. The first-order valence-corrected chi connectivity index (χ1v) is 12.1. The summed E-state index contributed by atoms with van der Waals surface area (Å²) < 4.78 is 71.0. The fraction of sp³-hybridized carbons (Fsp3) is 0.208. The van der Waals surface area contributed by atoms with Crippen LogP contribution in [0.2, 0.25) is 0 Å². The SMILES string of the molecule is COc1ccc(S(=O)(=O)N2CCCc3cc(NC(=O)Nc4ccc(C(F)(F)F)cc4)ccc32)cc1. The third kappa shape index (κ3) is 5.35. The Hall–Kier alpha value is -3.73. The molecule has 4 rings (SSSR count). The fourth-order valence-corrected chi connectivity index (χ4v) is 5.34. The summed E-state index contributed by atoms with van der Waals surface area (Å²) in [6, 6.07) is 14.5. The van der Waals surface area contributed by atoms with Gasteiger partial charge in [-0.05, 0) is 85.1 Å². The summed E-state index contributed by atoms with van der Waals surface area (Å²) in [5, 5.41) is 5.11. The van der Waals surface area contributed by atoms with E-state index in [1.54, 1.807) is 30.3 Å². The van der Waals surface area contributed by atoms with Crippen LogP contribution in [-0.2, 0) is 22.6 Å². The molecule has 7 nitrogen and oxygen atoms in total. The minimum Gasteiger partial charge on any atom is -0.497 e. The van der Waals surface area contributed by atoms with Crippen LogP contribution in [0.15, 0.2) is 71.6 Å². The van der Waals surface area contributed by atoms with Gasteiger partial charge in [0.2, 0.25) is 0 Å². The van der Waals surface area contributed by atoms with Crippen LogP contribution in [0.25, 0.3) is 0 Å². The van der Waals surface area contributed by atoms with Gasteiger partial charge in [0.1, 0.15) is 5.75 Å². The number of ether oxygens (including phenoxy) is 1. The van der Waals surface area contributed by atoms with Gasteiger partial charge in [-0.1, -0.05) is 0 Å². The van der Waals surface area contributed by atoms with E-state index in [9.17, 15) is 26.4 Å². The molecule has 1 aliphatic heterocycles. The number of nitrogens with one attached hydrogen (secondary N) is 2. The number of benzene rings is 3. The first kappa shape index (κ1) is 24.4. The second-order valence-corrected chi connectivity index (χ2v) is 9.72. The highest BCUT2D eigenvalue weighted by Crippen LogP contribution is 2.34. The summed E-state index contributed by atoms with van der Waals surface area (Å²) in [6.07, 6.45) is -3.23. The number of fused-ring (bicyclic) bond motifs is 1. The van der Waals surface area contributed by atoms with Gasteiger partial charge in [0.15, 0.2) is 0 Å². The molecule has 3 aromatic carbocycles. The van der Waals surface area contributed by atoms with Gasteiger partial charge in [-0.15, -0.1) is 0 Å². The molecule has 35 heavy (non-hydrogen) atoms. The van der Waals surface area contributed by atoms with Crippen LogP contribution in [-0.4, -0.2) is 28.1 Å². The van der Waals surface area contributed by atoms with Crippen LogP contribution >= 0.6 is 0 Å². The Morgan fingerprint density at radius 2 is 1.57 bits per heavy atom. The predicted octanol–water partition coefficient (Wildman–Crippen LogP) is 5.50. The van der Waals surface area contributed by atoms with E-state index in [1.807, 2.05) is 0 Å². The number of rotatable bonds is 5. The quantitative estimate of drug-likeness (QED) is 0.479. The van der Waals surface area contributed by atoms with Gasteiger partial charge in [-0.3, -0.25) is 4.31 Å². The van der Waals surface area contributed by atoms with Gasteiger partial charge >= 0.3 is 12.2 Å². The van der Waals surface area contributed by atoms with E-state index < -0.39 is 27.8 Å². The third-order valence-corrected chi connectivity index (χ3v) is 7.36. The van der Waals surface area contributed by atoms with Crippen LogP contribution in [0.1, 0.15) is 17.5 Å². The van der Waals surface area contributed by atoms with E-state index in [2.05, 4.69) is 10.6 Å². The average Bonchev–Trinajstić information content (AvgIpc) is 2.83. The number of sulfonamides is 1. The Balaban J connectivity index is 1.48. The van der Waals surface area contributed by atoms with Crippen molar-refractivity contribution >= 4 is 33.1 Å². The molecular weight excluding hydrogens is 483 g/mol. The van der Waals surface area contributed by atoms with Gasteiger partial charge < -0.3 is 15.4 Å². The monoisotopic (exact) mass is 505 g/mol. The Kier molecular flexibility index (Phi) is 6.62. The van der Waals surface area contributed by atoms with Crippen molar-refractivity contribution in [2.75, 3.05) is 28.6 Å². The summed E-state index contributed by atoms with van der Waals surface area (Å²) in [4.78, 5) is 12.5. The van der Waals surface area contributed by atoms with Crippen molar-refractivity contribution in [2.45, 2.75) is 23.9 Å². The van der Waals surface area contributed by atoms with Crippen LogP contribution in [0.4, 0.5) is 35.0 Å². The van der Waals surface area contributed by atoms with Crippen molar-refractivity contribution in [3.05, 3.63) is 77.9 Å². The fourth-order valence-electron chi connectivity index (χ4n) is 3.80. The standard InChI is InChI=1S/C24H22F3N3O4S/c1-34-20-9-11-21(12-10-20)35(32,33)30-14-2-3-16-15-19(8-13-22(16)30)29-23(31)28-18-6-4-17(5-7-18)24(25,26)27/h4-13,15H,2-3,14H2,1H3,(H2,28,29,31). The number of anilines is 3. The molecule has 0 aliphatic carbocycles. The number of nitrogens with zero attached hydrogens (tertiary/aromatic N) is 1. The summed E-state index contributed by atoms with van der Waals surface area (Å²) in [7, 11) is -2.29. The molecule has 11 heteroatoms. The highest BCUT2D eigenvalue weighted by Gasteiger charge is 2.30. The molecule has 1 heterocycles. The molecule has 0 unspecified atom stereocenters. The third-order valence-electron chi connectivity index (χ3n) is 5.53. The number of halogens is 3. The molecule has 2 N–H and O–H groups in total. The zero-order valence-corrected chi connectivity index (χ0v) is 19.4. The topological polar surface area (TPSA) is 87.7 Å². The number of carbonyl (C=O) groups is 1. The normalized spacial score (nSPS) is 13.7. The van der Waals surface area contributed by atoms with E-state index in [0.717, 1.165) is 29.8 Å². The van der Waals surface area contributed by atoms with Crippen LogP contribution in [0.3, 0.4) is 0 Å². The van der Waals surface area contributed by atoms with Crippen molar-refractivity contribution in [3.8, 4) is 5.75 Å². The Morgan fingerprint density at radius 1 is 0.943 bits per heavy atom. The lowest BCUT2D eigenvalue weighted by molar-refractivity contribution is -0.137. The van der Waals surface area contributed by atoms with Crippen molar-refractivity contribution in [3.63, 3.8) is 0 Å². The lowest BCUT2D eigenvalue weighted by Gasteiger charge is -2.31. The maximum atomic E-state index is 13.2. The molecule has 0 fully saturated rings. The highest BCUT2D eigenvalue weighted by atomic mass is 32.2. The van der Waals surface area contributed by atoms with Gasteiger partial charge in [0.25, 0.3) is 10.0 Å². The van der Waals surface area contributed by atoms with E-state index in [0.29, 0.717) is 36.5 Å². The molecule has 0 bridgehead atoms. The summed E-state index contributed by atoms with van der Waals surface area (Å²) in [5.74, 6) is 0.549. The second kappa shape index (κ2) is 9.49. The maximum Gasteiger partial charge on any atom is 0.416 e. The Bertz CT molecular complexity index is 1330. The number of urea groups is 1. The highest BCUT2D eigenvalue weighted by molar-refractivity contribution is 7.92. The minimum atomic E-state index is -4.46. The molecule has 0 atom stereocenters. The Labute approximate surface area is 200 Å². The smallest absolute Gasteiger partial charge is 0.416 e. The molecule has 0 saturated carbocycles. The summed E-state index contributed by atoms with van der Waals surface area (Å²) in [6.45, 7) is 0.322. The number of alkyl halides is 3. The van der Waals surface area contributed by atoms with E-state index in [4.69, 9.17) is 4.74 Å². The van der Waals surface area contributed by atoms with Crippen molar-refractivity contribution in [1.82, 2.24) is 0 Å². The molecule has 0 spiro atoms. The second-order valence-electron chi connectivity index (χ2n) is 7.85. The molecule has 0 saturated heterocycles. The molecule has 0 radical (unpaired) electrons. The average molecular weight is 506 g/mol. The first-order valence-electron chi connectivity index (χ1n) is 10.6. The number of amides is 2. The molecule has 184 valence electrons. The largest absolute Gasteiger partial charge is 0.497 e. The lowest BCUT2D eigenvalue weighted by Crippen LogP contribution is -2.35. The maximum absolute atomic E-state index is 13.2. The van der Waals surface area contributed by atoms with Gasteiger partial charge in [0.05, 0.1) is 23.3 Å². The zero-order valence-electron chi connectivity index (χ0n) is 18.6. The van der Waals surface area contributed by atoms with Crippen molar-refractivity contribution < 1.29 is 31.1 Å². The molecular formula is C24H22F3N3O4S. The van der Waals surface area contributed by atoms with Crippen molar-refractivity contribution in [2.24, 2.45) is 0 Å². The van der Waals surface area contributed by atoms with E-state index in [1.165, 1.54) is 23.5 Å². The number of hydrogen-bond donors (Lipinski definition) is 2. The van der Waals surface area contributed by atoms with Gasteiger partial charge in [-0.2, -0.15) is 13.2 Å². The first-order chi connectivity index (χ1) is 16.6. The minimum absolute atomic E-state index is 0.143. The van der Waals surface area contributed by atoms with Crippen LogP contribution < -0.4 is 19.7 Å². The molecule has 2 amide bonds. The number of carbonyl (C=O) groups excluding carboxylic acids is 1. The lowest BCUT2D eigenvalue weighted by atomic mass is 10.0. The van der Waals surface area contributed by atoms with E-state index >= 15 is 0 Å². The predicted molar refractivity (Wildman–Crippen MR) is 126 cm³/mol. The van der Waals surface area contributed by atoms with E-state index in [-0.39, 0.29) is 10.6 Å². The van der Waals surface area contributed by atoms with Crippen molar-refractivity contribution in [1.29, 1.82) is 0 Å². The molecule has 3 aromatic rings. The number of hydrogen-bond acceptors (Lipinski definition) is 4. The number of aryl methyl sites for hydroxylation is 1. The van der Waals surface area contributed by atoms with Crippen LogP contribution in [0, 0.1) is 0 Å². The summed E-state index contributed by atoms with van der Waals surface area (Å²) in [5.41, 5.74) is 1.09. The number of methoxy groups -OCH3 is 1. The van der Waals surface area contributed by atoms with Gasteiger partial charge in [-0.25, -0.2) is 13.2 Å². The summed E-state index contributed by atoms with van der Waals surface area (Å²) >= 11 is 0.